The van der Waals surface area contributed by atoms with Crippen molar-refractivity contribution in [3.05, 3.63) is 60.7 Å². The van der Waals surface area contributed by atoms with Crippen LogP contribution in [0.15, 0.2) is 60.7 Å². The van der Waals surface area contributed by atoms with E-state index in [0.717, 1.165) is 11.5 Å². The SMILES string of the molecule is [S-]CCOCCOc1ccccc1.[S-]CCOCCOc1ccccc1.[Zn+2]. The van der Waals surface area contributed by atoms with Gasteiger partial charge in [0.25, 0.3) is 0 Å². The Morgan fingerprint density at radius 3 is 1.22 bits per heavy atom. The van der Waals surface area contributed by atoms with Crippen LogP contribution in [0.25, 0.3) is 0 Å². The summed E-state index contributed by atoms with van der Waals surface area (Å²) in [5, 5.41) is 0. The number of rotatable bonds is 12. The van der Waals surface area contributed by atoms with Crippen LogP contribution >= 0.6 is 0 Å². The number of para-hydroxylation sites is 2. The fourth-order valence-electron chi connectivity index (χ4n) is 1.79. The Kier molecular flexibility index (Phi) is 19.5. The zero-order chi connectivity index (χ0) is 18.7. The molecular weight excluding hydrogens is 434 g/mol. The van der Waals surface area contributed by atoms with E-state index < -0.39 is 0 Å². The van der Waals surface area contributed by atoms with Gasteiger partial charge in [-0.2, -0.15) is 11.5 Å². The quantitative estimate of drug-likeness (QED) is 0.275. The second-order valence-corrected chi connectivity index (χ2v) is 5.77. The van der Waals surface area contributed by atoms with Crippen molar-refractivity contribution in [3.63, 3.8) is 0 Å². The van der Waals surface area contributed by atoms with Crippen LogP contribution in [0.3, 0.4) is 0 Å². The van der Waals surface area contributed by atoms with Crippen LogP contribution in [-0.4, -0.2) is 51.1 Å². The normalized spacial score (nSPS) is 9.56. The maximum atomic E-state index is 5.39. The van der Waals surface area contributed by atoms with E-state index in [1.165, 1.54) is 0 Å². The molecule has 0 aliphatic rings. The Morgan fingerprint density at radius 2 is 0.889 bits per heavy atom. The predicted molar refractivity (Wildman–Crippen MR) is 110 cm³/mol. The summed E-state index contributed by atoms with van der Waals surface area (Å²) < 4.78 is 21.1. The van der Waals surface area contributed by atoms with Gasteiger partial charge in [-0.3, -0.25) is 0 Å². The number of hydrogen-bond acceptors (Lipinski definition) is 6. The summed E-state index contributed by atoms with van der Waals surface area (Å²) >= 11 is 9.46. The fourth-order valence-corrected chi connectivity index (χ4v) is 2.03. The van der Waals surface area contributed by atoms with Crippen LogP contribution < -0.4 is 9.47 Å². The number of hydrogen-bond donors (Lipinski definition) is 0. The van der Waals surface area contributed by atoms with E-state index in [9.17, 15) is 0 Å². The molecule has 2 aromatic carbocycles. The molecule has 0 bridgehead atoms. The first-order chi connectivity index (χ1) is 12.9. The molecule has 144 valence electrons. The molecule has 0 radical (unpaired) electrons. The third kappa shape index (κ3) is 16.0. The summed E-state index contributed by atoms with van der Waals surface area (Å²) in [6.45, 7) is 3.64. The Bertz CT molecular complexity index is 483. The van der Waals surface area contributed by atoms with Crippen molar-refractivity contribution < 1.29 is 38.4 Å². The van der Waals surface area contributed by atoms with Crippen molar-refractivity contribution in [1.29, 1.82) is 0 Å². The van der Waals surface area contributed by atoms with Gasteiger partial charge in [-0.25, -0.2) is 0 Å². The monoisotopic (exact) mass is 458 g/mol. The predicted octanol–water partition coefficient (Wildman–Crippen LogP) is 3.26. The van der Waals surface area contributed by atoms with Crippen LogP contribution in [0.1, 0.15) is 0 Å². The first-order valence-corrected chi connectivity index (χ1v) is 9.69. The van der Waals surface area contributed by atoms with E-state index in [1.807, 2.05) is 60.7 Å². The molecule has 0 saturated heterocycles. The molecule has 0 saturated carbocycles. The Hall–Kier alpha value is -0.717. The molecule has 0 amide bonds. The summed E-state index contributed by atoms with van der Waals surface area (Å²) in [6, 6.07) is 19.4. The van der Waals surface area contributed by atoms with Gasteiger partial charge in [-0.05, 0) is 24.3 Å². The van der Waals surface area contributed by atoms with Gasteiger partial charge in [0.2, 0.25) is 0 Å². The Morgan fingerprint density at radius 1 is 0.519 bits per heavy atom. The van der Waals surface area contributed by atoms with Crippen molar-refractivity contribution in [1.82, 2.24) is 0 Å². The van der Waals surface area contributed by atoms with E-state index >= 15 is 0 Å². The fraction of sp³-hybridized carbons (Fsp3) is 0.400. The molecule has 7 heteroatoms. The second kappa shape index (κ2) is 20.0. The summed E-state index contributed by atoms with van der Waals surface area (Å²) in [6.07, 6.45) is 0. The standard InChI is InChI=1S/2C10H14O2S.Zn/c2*13-9-8-11-6-7-12-10-4-2-1-3-5-10;/h2*1-5,13H,6-9H2;/q;;+2/p-2. The van der Waals surface area contributed by atoms with Gasteiger partial charge in [-0.1, -0.05) is 36.4 Å². The van der Waals surface area contributed by atoms with E-state index in [0.29, 0.717) is 51.1 Å². The smallest absolute Gasteiger partial charge is 0.790 e. The molecule has 0 heterocycles. The summed E-state index contributed by atoms with van der Waals surface area (Å²) in [5.41, 5.74) is 0. The van der Waals surface area contributed by atoms with Crippen molar-refractivity contribution in [2.75, 3.05) is 51.1 Å². The third-order valence-corrected chi connectivity index (χ3v) is 3.27. The molecule has 0 aromatic heterocycles. The second-order valence-electron chi connectivity index (χ2n) is 4.96. The van der Waals surface area contributed by atoms with E-state index in [2.05, 4.69) is 0 Å². The molecule has 0 atom stereocenters. The molecule has 2 rings (SSSR count). The zero-order valence-corrected chi connectivity index (χ0v) is 20.2. The summed E-state index contributed by atoms with van der Waals surface area (Å²) in [7, 11) is 0. The van der Waals surface area contributed by atoms with Crippen molar-refractivity contribution in [2.45, 2.75) is 0 Å². The maximum Gasteiger partial charge on any atom is 2.00 e. The Balaban J connectivity index is 0.000000483. The molecule has 4 nitrogen and oxygen atoms in total. The van der Waals surface area contributed by atoms with Crippen molar-refractivity contribution >= 4 is 25.3 Å². The van der Waals surface area contributed by atoms with Crippen LogP contribution in [0.5, 0.6) is 11.5 Å². The van der Waals surface area contributed by atoms with Crippen molar-refractivity contribution in [3.8, 4) is 11.5 Å². The first kappa shape index (κ1) is 26.3. The van der Waals surface area contributed by atoms with E-state index in [4.69, 9.17) is 44.2 Å². The minimum Gasteiger partial charge on any atom is -0.790 e. The zero-order valence-electron chi connectivity index (χ0n) is 15.6. The molecule has 0 fully saturated rings. The van der Waals surface area contributed by atoms with Gasteiger partial charge < -0.3 is 44.2 Å². The average molecular weight is 460 g/mol. The minimum atomic E-state index is 0. The van der Waals surface area contributed by atoms with Gasteiger partial charge in [0.05, 0.1) is 13.2 Å². The van der Waals surface area contributed by atoms with E-state index in [1.54, 1.807) is 0 Å². The first-order valence-electron chi connectivity index (χ1n) is 8.54. The molecule has 2 aromatic rings. The van der Waals surface area contributed by atoms with Gasteiger partial charge >= 0.3 is 19.5 Å². The molecular formula is C20H26O4S2Zn. The molecule has 0 N–H and O–H groups in total. The summed E-state index contributed by atoms with van der Waals surface area (Å²) in [4.78, 5) is 0. The molecule has 27 heavy (non-hydrogen) atoms. The topological polar surface area (TPSA) is 36.9 Å². The Labute approximate surface area is 186 Å². The summed E-state index contributed by atoms with van der Waals surface area (Å²) in [5.74, 6) is 3.05. The maximum absolute atomic E-state index is 5.39. The molecule has 0 unspecified atom stereocenters. The van der Waals surface area contributed by atoms with Crippen LogP contribution in [0.2, 0.25) is 0 Å². The largest absolute Gasteiger partial charge is 2.00 e. The van der Waals surface area contributed by atoms with Crippen LogP contribution in [0, 0.1) is 0 Å². The molecule has 0 aliphatic carbocycles. The van der Waals surface area contributed by atoms with Crippen LogP contribution in [0.4, 0.5) is 0 Å². The van der Waals surface area contributed by atoms with Crippen LogP contribution in [-0.2, 0) is 54.2 Å². The van der Waals surface area contributed by atoms with Gasteiger partial charge in [0.1, 0.15) is 24.7 Å². The van der Waals surface area contributed by atoms with Gasteiger partial charge in [-0.15, -0.1) is 0 Å². The number of benzene rings is 2. The van der Waals surface area contributed by atoms with Gasteiger partial charge in [0.15, 0.2) is 0 Å². The molecule has 0 aliphatic heterocycles. The average Bonchev–Trinajstić information content (AvgIpc) is 2.70. The van der Waals surface area contributed by atoms with Gasteiger partial charge in [0, 0.05) is 13.2 Å². The minimum absolute atomic E-state index is 0. The third-order valence-electron chi connectivity index (χ3n) is 2.93. The van der Waals surface area contributed by atoms with Crippen molar-refractivity contribution in [2.24, 2.45) is 0 Å². The molecule has 0 spiro atoms. The van der Waals surface area contributed by atoms with E-state index in [-0.39, 0.29) is 19.5 Å². The number of ether oxygens (including phenoxy) is 4.